The number of fused-ring (bicyclic) bond motifs is 6. The molecule has 166 valence electrons. The lowest BCUT2D eigenvalue weighted by Gasteiger charge is -2.39. The zero-order valence-electron chi connectivity index (χ0n) is 18.3. The molecule has 8 nitrogen and oxygen atoms in total. The summed E-state index contributed by atoms with van der Waals surface area (Å²) in [5.41, 5.74) is 1.51. The number of ether oxygens (including phenoxy) is 3. The molecule has 0 bridgehead atoms. The van der Waals surface area contributed by atoms with E-state index < -0.39 is 11.4 Å². The summed E-state index contributed by atoms with van der Waals surface area (Å²) in [4.78, 5) is 29.0. The van der Waals surface area contributed by atoms with Gasteiger partial charge in [0.2, 0.25) is 0 Å². The summed E-state index contributed by atoms with van der Waals surface area (Å²) < 4.78 is 18.5. The summed E-state index contributed by atoms with van der Waals surface area (Å²) in [7, 11) is 3.20. The molecule has 2 aromatic heterocycles. The lowest BCUT2D eigenvalue weighted by Crippen LogP contribution is -2.32. The minimum atomic E-state index is -1.21. The van der Waals surface area contributed by atoms with Gasteiger partial charge in [0.25, 0.3) is 5.88 Å². The standard InChI is InChI=1S/C23H28N2O6/c1-23(2)7-6-13-19-14(10-18(30-4)21(24-19)31-9-5-8-29-3)16-11-17(26)15(22(27)28)12-25(16)20(13)23/h10-13,20H,5-9H2,1-4H3,(H,27,28). The third-order valence-corrected chi connectivity index (χ3v) is 6.45. The Bertz CT molecular complexity index is 1070. The maximum Gasteiger partial charge on any atom is 0.341 e. The fraction of sp³-hybridized carbons (Fsp3) is 0.522. The molecular weight excluding hydrogens is 400 g/mol. The summed E-state index contributed by atoms with van der Waals surface area (Å²) in [6, 6.07) is 3.25. The first-order valence-electron chi connectivity index (χ1n) is 10.5. The maximum atomic E-state index is 12.5. The molecule has 1 saturated carbocycles. The van der Waals surface area contributed by atoms with Crippen molar-refractivity contribution in [2.45, 2.75) is 45.1 Å². The van der Waals surface area contributed by atoms with Gasteiger partial charge in [0.05, 0.1) is 25.1 Å². The van der Waals surface area contributed by atoms with Crippen LogP contribution in [0.5, 0.6) is 11.6 Å². The highest BCUT2D eigenvalue weighted by Gasteiger charge is 2.48. The number of methoxy groups -OCH3 is 2. The van der Waals surface area contributed by atoms with Crippen LogP contribution in [0.4, 0.5) is 0 Å². The Morgan fingerprint density at radius 2 is 2.06 bits per heavy atom. The molecule has 0 radical (unpaired) electrons. The Morgan fingerprint density at radius 3 is 2.74 bits per heavy atom. The molecule has 1 fully saturated rings. The van der Waals surface area contributed by atoms with Crippen molar-refractivity contribution in [1.82, 2.24) is 9.55 Å². The minimum absolute atomic E-state index is 0.00376. The Morgan fingerprint density at radius 1 is 1.29 bits per heavy atom. The van der Waals surface area contributed by atoms with Crippen LogP contribution in [0, 0.1) is 5.41 Å². The van der Waals surface area contributed by atoms with E-state index in [1.54, 1.807) is 14.2 Å². The van der Waals surface area contributed by atoms with Crippen molar-refractivity contribution in [3.8, 4) is 22.9 Å². The number of aromatic nitrogens is 2. The van der Waals surface area contributed by atoms with E-state index in [9.17, 15) is 14.7 Å². The Labute approximate surface area is 180 Å². The molecule has 4 rings (SSSR count). The van der Waals surface area contributed by atoms with Gasteiger partial charge in [0.1, 0.15) is 5.56 Å². The minimum Gasteiger partial charge on any atom is -0.491 e. The zero-order chi connectivity index (χ0) is 22.3. The first kappa shape index (κ1) is 21.4. The lowest BCUT2D eigenvalue weighted by molar-refractivity contribution is 0.0693. The molecule has 1 aliphatic heterocycles. The summed E-state index contributed by atoms with van der Waals surface area (Å²) in [5, 5.41) is 9.50. The van der Waals surface area contributed by atoms with Gasteiger partial charge in [-0.25, -0.2) is 9.78 Å². The van der Waals surface area contributed by atoms with E-state index in [0.717, 1.165) is 30.5 Å². The number of carboxylic acid groups (broad SMARTS) is 1. The van der Waals surface area contributed by atoms with Gasteiger partial charge in [-0.05, 0) is 24.3 Å². The molecule has 31 heavy (non-hydrogen) atoms. The number of hydrogen-bond donors (Lipinski definition) is 1. The zero-order valence-corrected chi connectivity index (χ0v) is 18.3. The predicted octanol–water partition coefficient (Wildman–Crippen LogP) is 3.49. The van der Waals surface area contributed by atoms with E-state index in [0.29, 0.717) is 30.5 Å². The van der Waals surface area contributed by atoms with E-state index in [-0.39, 0.29) is 22.9 Å². The first-order valence-corrected chi connectivity index (χ1v) is 10.5. The van der Waals surface area contributed by atoms with Crippen molar-refractivity contribution in [2.24, 2.45) is 5.41 Å². The molecule has 1 N–H and O–H groups in total. The summed E-state index contributed by atoms with van der Waals surface area (Å²) in [6.45, 7) is 5.40. The average molecular weight is 428 g/mol. The molecule has 3 heterocycles. The van der Waals surface area contributed by atoms with Gasteiger partial charge in [0.15, 0.2) is 11.2 Å². The average Bonchev–Trinajstić information content (AvgIpc) is 3.05. The Hall–Kier alpha value is -2.87. The first-order chi connectivity index (χ1) is 14.8. The second kappa shape index (κ2) is 8.00. The van der Waals surface area contributed by atoms with E-state index in [2.05, 4.69) is 13.8 Å². The van der Waals surface area contributed by atoms with Gasteiger partial charge in [0, 0.05) is 49.9 Å². The van der Waals surface area contributed by atoms with Crippen LogP contribution in [-0.4, -0.2) is 48.1 Å². The largest absolute Gasteiger partial charge is 0.491 e. The second-order valence-electron chi connectivity index (χ2n) is 8.85. The molecule has 0 aromatic carbocycles. The van der Waals surface area contributed by atoms with Crippen LogP contribution in [-0.2, 0) is 4.74 Å². The molecule has 2 atom stereocenters. The van der Waals surface area contributed by atoms with Crippen molar-refractivity contribution in [1.29, 1.82) is 0 Å². The number of nitrogens with zero attached hydrogens (tertiary/aromatic N) is 2. The van der Waals surface area contributed by atoms with E-state index in [1.165, 1.54) is 12.3 Å². The van der Waals surface area contributed by atoms with Crippen molar-refractivity contribution >= 4 is 5.97 Å². The summed E-state index contributed by atoms with van der Waals surface area (Å²) in [5.74, 6) is -0.213. The highest BCUT2D eigenvalue weighted by atomic mass is 16.5. The quantitative estimate of drug-likeness (QED) is 0.674. The third-order valence-electron chi connectivity index (χ3n) is 6.45. The van der Waals surface area contributed by atoms with Crippen molar-refractivity contribution in [3.05, 3.63) is 39.8 Å². The number of carbonyl (C=O) groups is 1. The smallest absolute Gasteiger partial charge is 0.341 e. The molecule has 2 unspecified atom stereocenters. The van der Waals surface area contributed by atoms with Crippen LogP contribution >= 0.6 is 0 Å². The number of carboxylic acids is 1. The fourth-order valence-corrected chi connectivity index (χ4v) is 4.99. The van der Waals surface area contributed by atoms with Crippen molar-refractivity contribution in [3.63, 3.8) is 0 Å². The molecule has 2 aromatic rings. The SMILES string of the molecule is COCCCOc1nc2c(cc1OC)-c1cc(=O)c(C(=O)O)cn1C1C2CCC1(C)C. The Balaban J connectivity index is 1.88. The van der Waals surface area contributed by atoms with Gasteiger partial charge < -0.3 is 23.9 Å². The monoisotopic (exact) mass is 428 g/mol. The summed E-state index contributed by atoms with van der Waals surface area (Å²) >= 11 is 0. The fourth-order valence-electron chi connectivity index (χ4n) is 4.99. The maximum absolute atomic E-state index is 12.5. The molecule has 1 aliphatic carbocycles. The van der Waals surface area contributed by atoms with Crippen LogP contribution in [0.3, 0.4) is 0 Å². The molecule has 2 aliphatic rings. The van der Waals surface area contributed by atoms with Gasteiger partial charge in [-0.15, -0.1) is 0 Å². The van der Waals surface area contributed by atoms with E-state index in [1.807, 2.05) is 10.6 Å². The van der Waals surface area contributed by atoms with Crippen LogP contribution in [0.1, 0.15) is 61.1 Å². The molecular formula is C23H28N2O6. The van der Waals surface area contributed by atoms with Crippen LogP contribution in [0.25, 0.3) is 11.3 Å². The van der Waals surface area contributed by atoms with Crippen LogP contribution in [0.15, 0.2) is 23.1 Å². The number of hydrogen-bond acceptors (Lipinski definition) is 6. The topological polar surface area (TPSA) is 99.9 Å². The van der Waals surface area contributed by atoms with Crippen LogP contribution in [0.2, 0.25) is 0 Å². The highest BCUT2D eigenvalue weighted by Crippen LogP contribution is 2.59. The lowest BCUT2D eigenvalue weighted by atomic mass is 9.79. The molecule has 0 spiro atoms. The number of aromatic carboxylic acids is 1. The van der Waals surface area contributed by atoms with Gasteiger partial charge in [-0.3, -0.25) is 4.79 Å². The number of rotatable bonds is 7. The van der Waals surface area contributed by atoms with E-state index >= 15 is 0 Å². The van der Waals surface area contributed by atoms with E-state index in [4.69, 9.17) is 19.2 Å². The van der Waals surface area contributed by atoms with Gasteiger partial charge >= 0.3 is 5.97 Å². The molecule has 0 amide bonds. The predicted molar refractivity (Wildman–Crippen MR) is 114 cm³/mol. The molecule has 0 saturated heterocycles. The summed E-state index contributed by atoms with van der Waals surface area (Å²) in [6.07, 6.45) is 4.11. The highest BCUT2D eigenvalue weighted by molar-refractivity contribution is 5.87. The second-order valence-corrected chi connectivity index (χ2v) is 8.85. The third kappa shape index (κ3) is 3.59. The van der Waals surface area contributed by atoms with Crippen molar-refractivity contribution in [2.75, 3.05) is 27.4 Å². The van der Waals surface area contributed by atoms with Gasteiger partial charge in [-0.2, -0.15) is 0 Å². The van der Waals surface area contributed by atoms with Gasteiger partial charge in [-0.1, -0.05) is 13.8 Å². The number of pyridine rings is 2. The Kier molecular flexibility index (Phi) is 5.51. The normalized spacial score (nSPS) is 20.5. The molecule has 8 heteroatoms. The van der Waals surface area contributed by atoms with Crippen molar-refractivity contribution < 1.29 is 24.1 Å². The van der Waals surface area contributed by atoms with Crippen LogP contribution < -0.4 is 14.9 Å².